The summed E-state index contributed by atoms with van der Waals surface area (Å²) in [5.41, 5.74) is 3.84. The van der Waals surface area contributed by atoms with E-state index in [1.165, 1.54) is 11.6 Å². The van der Waals surface area contributed by atoms with Gasteiger partial charge in [-0.15, -0.1) is 0 Å². The molecule has 33 heavy (non-hydrogen) atoms. The monoisotopic (exact) mass is 451 g/mol. The van der Waals surface area contributed by atoms with Crippen molar-refractivity contribution in [3.05, 3.63) is 53.3 Å². The Kier molecular flexibility index (Phi) is 6.21. The minimum atomic E-state index is -1.06. The van der Waals surface area contributed by atoms with Crippen LogP contribution in [0.15, 0.2) is 36.4 Å². The van der Waals surface area contributed by atoms with Crippen molar-refractivity contribution in [2.45, 2.75) is 72.3 Å². The van der Waals surface area contributed by atoms with Crippen molar-refractivity contribution in [3.63, 3.8) is 0 Å². The zero-order valence-corrected chi connectivity index (χ0v) is 20.2. The molecule has 6 heteroatoms. The van der Waals surface area contributed by atoms with Gasteiger partial charge in [0, 0.05) is 23.4 Å². The van der Waals surface area contributed by atoms with Crippen molar-refractivity contribution in [2.24, 2.45) is 11.3 Å². The Morgan fingerprint density at radius 2 is 1.94 bits per heavy atom. The van der Waals surface area contributed by atoms with E-state index >= 15 is 0 Å². The number of aliphatic carboxylic acids is 1. The fraction of sp³-hybridized carbons (Fsp3) is 0.481. The number of benzene rings is 2. The average molecular weight is 452 g/mol. The van der Waals surface area contributed by atoms with Gasteiger partial charge in [-0.3, -0.25) is 4.79 Å². The first-order valence-corrected chi connectivity index (χ1v) is 11.8. The summed E-state index contributed by atoms with van der Waals surface area (Å²) in [5.74, 6) is 0.112. The molecule has 0 aliphatic heterocycles. The molecule has 1 fully saturated rings. The highest BCUT2D eigenvalue weighted by molar-refractivity contribution is 5.82. The van der Waals surface area contributed by atoms with E-state index in [1.807, 2.05) is 12.1 Å². The summed E-state index contributed by atoms with van der Waals surface area (Å²) in [7, 11) is 0. The number of rotatable bonds is 6. The van der Waals surface area contributed by atoms with Crippen LogP contribution >= 0.6 is 0 Å². The van der Waals surface area contributed by atoms with Crippen LogP contribution in [-0.2, 0) is 11.2 Å². The number of carboxylic acid groups (broad SMARTS) is 1. The summed E-state index contributed by atoms with van der Waals surface area (Å²) in [6.45, 7) is 11.2. The molecule has 0 spiro atoms. The van der Waals surface area contributed by atoms with Crippen LogP contribution in [0.2, 0.25) is 0 Å². The molecule has 176 valence electrons. The van der Waals surface area contributed by atoms with E-state index in [2.05, 4.69) is 56.6 Å². The number of aromatic nitrogens is 2. The summed E-state index contributed by atoms with van der Waals surface area (Å²) in [5, 5.41) is 12.6. The molecule has 2 atom stereocenters. The Morgan fingerprint density at radius 3 is 2.55 bits per heavy atom. The Balaban J connectivity index is 1.81. The summed E-state index contributed by atoms with van der Waals surface area (Å²) < 4.78 is 17.0. The maximum atomic E-state index is 14.9. The number of imidazole rings is 1. The number of carbonyl (C=O) groups is 1. The van der Waals surface area contributed by atoms with Crippen LogP contribution in [0, 0.1) is 17.2 Å². The lowest BCUT2D eigenvalue weighted by Crippen LogP contribution is -2.29. The summed E-state index contributed by atoms with van der Waals surface area (Å²) >= 11 is 0. The predicted octanol–water partition coefficient (Wildman–Crippen LogP) is 7.06. The molecule has 0 saturated heterocycles. The quantitative estimate of drug-likeness (QED) is 0.421. The second kappa shape index (κ2) is 8.81. The van der Waals surface area contributed by atoms with Gasteiger partial charge in [0.25, 0.3) is 0 Å². The lowest BCUT2D eigenvalue weighted by molar-refractivity contribution is -0.136. The third-order valence-corrected chi connectivity index (χ3v) is 6.76. The maximum Gasteiger partial charge on any atom is 0.307 e. The first-order valence-electron chi connectivity index (χ1n) is 11.8. The number of nitrogens with zero attached hydrogens (tertiary/aromatic N) is 2. The van der Waals surface area contributed by atoms with Crippen molar-refractivity contribution < 1.29 is 14.3 Å². The molecule has 1 heterocycles. The standard InChI is InChI=1S/C27H34FN3O2/c1-16(2)18-6-8-20(9-7-18)29-26-30-23-11-19(12-25(32)33)22(28)13-24(23)31(26)21-10-17(3)14-27(4,5)15-21/h6-9,11,13,16-17,21H,10,12,14-15H2,1-5H3,(H,29,30)(H,32,33)/t17-,21+/m1/s1. The zero-order chi connectivity index (χ0) is 23.9. The van der Waals surface area contributed by atoms with Crippen LogP contribution in [0.3, 0.4) is 0 Å². The van der Waals surface area contributed by atoms with Crippen LogP contribution in [0.5, 0.6) is 0 Å². The highest BCUT2D eigenvalue weighted by Crippen LogP contribution is 2.46. The normalized spacial score (nSPS) is 20.3. The van der Waals surface area contributed by atoms with Gasteiger partial charge in [0.15, 0.2) is 0 Å². The molecule has 4 rings (SSSR count). The van der Waals surface area contributed by atoms with Crippen molar-refractivity contribution in [3.8, 4) is 0 Å². The number of anilines is 2. The number of fused-ring (bicyclic) bond motifs is 1. The molecule has 0 unspecified atom stereocenters. The molecule has 0 radical (unpaired) electrons. The first-order chi connectivity index (χ1) is 15.5. The maximum absolute atomic E-state index is 14.9. The highest BCUT2D eigenvalue weighted by Gasteiger charge is 2.35. The summed E-state index contributed by atoms with van der Waals surface area (Å²) in [6.07, 6.45) is 2.77. The molecule has 1 aromatic heterocycles. The number of halogens is 1. The lowest BCUT2D eigenvalue weighted by Gasteiger charge is -2.40. The van der Waals surface area contributed by atoms with Crippen molar-refractivity contribution in [2.75, 3.05) is 5.32 Å². The smallest absolute Gasteiger partial charge is 0.307 e. The van der Waals surface area contributed by atoms with E-state index in [1.54, 1.807) is 6.07 Å². The largest absolute Gasteiger partial charge is 0.481 e. The van der Waals surface area contributed by atoms with Gasteiger partial charge in [0.1, 0.15) is 5.82 Å². The number of hydrogen-bond acceptors (Lipinski definition) is 3. The van der Waals surface area contributed by atoms with Gasteiger partial charge in [0.2, 0.25) is 5.95 Å². The minimum Gasteiger partial charge on any atom is -0.481 e. The Bertz CT molecular complexity index is 1160. The third-order valence-electron chi connectivity index (χ3n) is 6.76. The van der Waals surface area contributed by atoms with Gasteiger partial charge in [0.05, 0.1) is 17.5 Å². The minimum absolute atomic E-state index is 0.157. The van der Waals surface area contributed by atoms with Gasteiger partial charge in [-0.1, -0.05) is 46.8 Å². The van der Waals surface area contributed by atoms with Crippen LogP contribution in [0.1, 0.15) is 77.0 Å². The van der Waals surface area contributed by atoms with E-state index in [0.29, 0.717) is 28.8 Å². The van der Waals surface area contributed by atoms with E-state index < -0.39 is 11.8 Å². The number of hydrogen-bond donors (Lipinski definition) is 2. The molecule has 1 aliphatic carbocycles. The number of carboxylic acids is 1. The second-order valence-electron chi connectivity index (χ2n) is 10.8. The van der Waals surface area contributed by atoms with Crippen LogP contribution in [0.4, 0.5) is 16.0 Å². The van der Waals surface area contributed by atoms with Crippen LogP contribution < -0.4 is 5.32 Å². The van der Waals surface area contributed by atoms with E-state index in [0.717, 1.165) is 24.9 Å². The molecule has 3 aromatic rings. The average Bonchev–Trinajstić information content (AvgIpc) is 3.03. The molecule has 0 amide bonds. The fourth-order valence-corrected chi connectivity index (χ4v) is 5.49. The molecular weight excluding hydrogens is 417 g/mol. The molecular formula is C27H34FN3O2. The van der Waals surface area contributed by atoms with E-state index in [9.17, 15) is 9.18 Å². The van der Waals surface area contributed by atoms with Gasteiger partial charge in [-0.25, -0.2) is 9.37 Å². The molecule has 5 nitrogen and oxygen atoms in total. The molecule has 1 aliphatic rings. The van der Waals surface area contributed by atoms with Crippen molar-refractivity contribution in [1.82, 2.24) is 9.55 Å². The predicted molar refractivity (Wildman–Crippen MR) is 131 cm³/mol. The van der Waals surface area contributed by atoms with Gasteiger partial charge in [-0.05, 0) is 60.3 Å². The highest BCUT2D eigenvalue weighted by atomic mass is 19.1. The first kappa shape index (κ1) is 23.3. The second-order valence-corrected chi connectivity index (χ2v) is 10.8. The van der Waals surface area contributed by atoms with Crippen LogP contribution in [-0.4, -0.2) is 20.6 Å². The molecule has 0 bridgehead atoms. The molecule has 2 aromatic carbocycles. The topological polar surface area (TPSA) is 67.2 Å². The summed E-state index contributed by atoms with van der Waals surface area (Å²) in [4.78, 5) is 16.0. The van der Waals surface area contributed by atoms with Crippen molar-refractivity contribution in [1.29, 1.82) is 0 Å². The van der Waals surface area contributed by atoms with Gasteiger partial charge < -0.3 is 15.0 Å². The Morgan fingerprint density at radius 1 is 1.24 bits per heavy atom. The fourth-order valence-electron chi connectivity index (χ4n) is 5.49. The van der Waals surface area contributed by atoms with Gasteiger partial charge >= 0.3 is 5.97 Å². The Hall–Kier alpha value is -2.89. The van der Waals surface area contributed by atoms with E-state index in [4.69, 9.17) is 10.1 Å². The van der Waals surface area contributed by atoms with Crippen LogP contribution in [0.25, 0.3) is 11.0 Å². The third kappa shape index (κ3) is 5.05. The SMILES string of the molecule is CC(C)c1ccc(Nc2nc3cc(CC(=O)O)c(F)cc3n2[C@H]2C[C@@H](C)CC(C)(C)C2)cc1. The van der Waals surface area contributed by atoms with E-state index in [-0.39, 0.29) is 23.4 Å². The lowest BCUT2D eigenvalue weighted by atomic mass is 9.70. The molecule has 2 N–H and O–H groups in total. The molecule has 1 saturated carbocycles. The zero-order valence-electron chi connectivity index (χ0n) is 20.2. The van der Waals surface area contributed by atoms with Gasteiger partial charge in [-0.2, -0.15) is 0 Å². The summed E-state index contributed by atoms with van der Waals surface area (Å²) in [6, 6.07) is 11.5. The number of nitrogens with one attached hydrogen (secondary N) is 1. The van der Waals surface area contributed by atoms with Crippen molar-refractivity contribution >= 4 is 28.6 Å². The Labute approximate surface area is 195 Å².